The van der Waals surface area contributed by atoms with Gasteiger partial charge in [-0.15, -0.1) is 5.10 Å². The third kappa shape index (κ3) is 3.23. The Kier molecular flexibility index (Phi) is 4.31. The van der Waals surface area contributed by atoms with Crippen LogP contribution in [-0.2, 0) is 10.0 Å². The van der Waals surface area contributed by atoms with E-state index >= 15 is 0 Å². The number of carboxylic acids is 1. The van der Waals surface area contributed by atoms with E-state index in [4.69, 9.17) is 28.3 Å². The van der Waals surface area contributed by atoms with Gasteiger partial charge in [-0.2, -0.15) is 5.10 Å². The molecule has 2 N–H and O–H groups in total. The van der Waals surface area contributed by atoms with E-state index in [0.717, 1.165) is 12.1 Å². The molecule has 0 atom stereocenters. The van der Waals surface area contributed by atoms with Gasteiger partial charge in [-0.1, -0.05) is 23.2 Å². The van der Waals surface area contributed by atoms with Crippen molar-refractivity contribution >= 4 is 45.0 Å². The fraction of sp³-hybridized carbons (Fsp3) is 0. The van der Waals surface area contributed by atoms with Crippen molar-refractivity contribution in [2.45, 2.75) is 4.90 Å². The van der Waals surface area contributed by atoms with Crippen LogP contribution in [0.15, 0.2) is 35.4 Å². The first-order valence-electron chi connectivity index (χ1n) is 5.35. The molecule has 0 saturated heterocycles. The monoisotopic (exact) mass is 347 g/mol. The number of benzene rings is 1. The van der Waals surface area contributed by atoms with Crippen LogP contribution in [0.1, 0.15) is 10.4 Å². The fourth-order valence-corrected chi connectivity index (χ4v) is 3.40. The lowest BCUT2D eigenvalue weighted by atomic mass is 10.2. The van der Waals surface area contributed by atoms with E-state index in [0.29, 0.717) is 0 Å². The standard InChI is InChI=1S/C11H7Cl2N3O4S/c12-6-3-4-7(10(13)9(6)11(17)18)21(19,20)16-8-2-1-5-14-15-8/h1-5H,(H,15,16)(H,17,18). The lowest BCUT2D eigenvalue weighted by molar-refractivity contribution is 0.0697. The molecule has 2 aromatic rings. The van der Waals surface area contributed by atoms with Crippen molar-refractivity contribution in [1.82, 2.24) is 10.2 Å². The quantitative estimate of drug-likeness (QED) is 0.877. The second kappa shape index (κ2) is 5.84. The number of rotatable bonds is 4. The van der Waals surface area contributed by atoms with Gasteiger partial charge < -0.3 is 5.11 Å². The Balaban J connectivity index is 2.51. The summed E-state index contributed by atoms with van der Waals surface area (Å²) in [4.78, 5) is 10.7. The van der Waals surface area contributed by atoms with Crippen molar-refractivity contribution in [3.8, 4) is 0 Å². The van der Waals surface area contributed by atoms with Crippen LogP contribution in [0.2, 0.25) is 10.0 Å². The van der Waals surface area contributed by atoms with E-state index in [1.807, 2.05) is 0 Å². The second-order valence-electron chi connectivity index (χ2n) is 3.75. The highest BCUT2D eigenvalue weighted by molar-refractivity contribution is 7.92. The first-order valence-corrected chi connectivity index (χ1v) is 7.58. The zero-order chi connectivity index (χ0) is 15.6. The van der Waals surface area contributed by atoms with Gasteiger partial charge in [-0.3, -0.25) is 4.72 Å². The zero-order valence-electron chi connectivity index (χ0n) is 10.1. The molecule has 21 heavy (non-hydrogen) atoms. The highest BCUT2D eigenvalue weighted by atomic mass is 35.5. The molecule has 0 saturated carbocycles. The van der Waals surface area contributed by atoms with E-state index in [2.05, 4.69) is 14.9 Å². The predicted molar refractivity (Wildman–Crippen MR) is 76.3 cm³/mol. The van der Waals surface area contributed by atoms with Gasteiger partial charge in [-0.05, 0) is 24.3 Å². The molecule has 0 radical (unpaired) electrons. The fourth-order valence-electron chi connectivity index (χ4n) is 1.49. The summed E-state index contributed by atoms with van der Waals surface area (Å²) in [5, 5.41) is 15.5. The average Bonchev–Trinajstić information content (AvgIpc) is 2.38. The molecule has 0 spiro atoms. The zero-order valence-corrected chi connectivity index (χ0v) is 12.4. The number of carboxylic acid groups (broad SMARTS) is 1. The molecule has 10 heteroatoms. The Morgan fingerprint density at radius 3 is 2.52 bits per heavy atom. The maximum Gasteiger partial charge on any atom is 0.338 e. The number of nitrogens with one attached hydrogen (secondary N) is 1. The van der Waals surface area contributed by atoms with Crippen molar-refractivity contribution in [1.29, 1.82) is 0 Å². The van der Waals surface area contributed by atoms with Gasteiger partial charge in [0.25, 0.3) is 10.0 Å². The third-order valence-electron chi connectivity index (χ3n) is 2.37. The van der Waals surface area contributed by atoms with E-state index in [9.17, 15) is 13.2 Å². The largest absolute Gasteiger partial charge is 0.478 e. The summed E-state index contributed by atoms with van der Waals surface area (Å²) in [6.45, 7) is 0. The second-order valence-corrected chi connectivity index (χ2v) is 6.19. The van der Waals surface area contributed by atoms with Crippen LogP contribution in [0.4, 0.5) is 5.82 Å². The number of hydrogen-bond acceptors (Lipinski definition) is 5. The maximum absolute atomic E-state index is 12.2. The Hall–Kier alpha value is -1.90. The van der Waals surface area contributed by atoms with Crippen LogP contribution in [0, 0.1) is 0 Å². The molecule has 0 unspecified atom stereocenters. The van der Waals surface area contributed by atoms with Crippen LogP contribution in [0.3, 0.4) is 0 Å². The molecule has 110 valence electrons. The predicted octanol–water partition coefficient (Wildman–Crippen LogP) is 2.28. The summed E-state index contributed by atoms with van der Waals surface area (Å²) < 4.78 is 26.6. The first kappa shape index (κ1) is 15.5. The summed E-state index contributed by atoms with van der Waals surface area (Å²) in [6.07, 6.45) is 1.37. The highest BCUT2D eigenvalue weighted by Gasteiger charge is 2.25. The molecule has 0 aliphatic carbocycles. The van der Waals surface area contributed by atoms with E-state index in [-0.39, 0.29) is 10.8 Å². The topological polar surface area (TPSA) is 109 Å². The van der Waals surface area contributed by atoms with Gasteiger partial charge in [0, 0.05) is 6.20 Å². The lowest BCUT2D eigenvalue weighted by Gasteiger charge is -2.10. The first-order chi connectivity index (χ1) is 9.83. The number of nitrogens with zero attached hydrogens (tertiary/aromatic N) is 2. The Bertz CT molecular complexity index is 797. The number of carbonyl (C=O) groups is 1. The van der Waals surface area contributed by atoms with Crippen molar-refractivity contribution in [3.05, 3.63) is 46.1 Å². The minimum atomic E-state index is -4.12. The number of hydrogen-bond donors (Lipinski definition) is 2. The number of halogens is 2. The molecule has 0 fully saturated rings. The van der Waals surface area contributed by atoms with Crippen LogP contribution >= 0.6 is 23.2 Å². The van der Waals surface area contributed by atoms with Crippen LogP contribution in [0.5, 0.6) is 0 Å². The van der Waals surface area contributed by atoms with Crippen LogP contribution in [0.25, 0.3) is 0 Å². The number of aromatic carboxylic acids is 1. The molecule has 0 bridgehead atoms. The highest BCUT2D eigenvalue weighted by Crippen LogP contribution is 2.31. The minimum Gasteiger partial charge on any atom is -0.478 e. The Morgan fingerprint density at radius 1 is 1.24 bits per heavy atom. The summed E-state index contributed by atoms with van der Waals surface area (Å²) in [5.74, 6) is -1.46. The van der Waals surface area contributed by atoms with Crippen molar-refractivity contribution in [2.75, 3.05) is 4.72 Å². The van der Waals surface area contributed by atoms with Crippen molar-refractivity contribution in [3.63, 3.8) is 0 Å². The Labute approximate surface area is 129 Å². The summed E-state index contributed by atoms with van der Waals surface area (Å²) >= 11 is 11.5. The normalized spacial score (nSPS) is 11.1. The molecule has 1 aromatic carbocycles. The minimum absolute atomic E-state index is 0.0274. The van der Waals surface area contributed by atoms with Crippen molar-refractivity contribution in [2.24, 2.45) is 0 Å². The Morgan fingerprint density at radius 2 is 1.95 bits per heavy atom. The van der Waals surface area contributed by atoms with Gasteiger partial charge >= 0.3 is 5.97 Å². The van der Waals surface area contributed by atoms with E-state index in [1.165, 1.54) is 18.3 Å². The number of sulfonamides is 1. The molecule has 0 aliphatic rings. The van der Waals surface area contributed by atoms with Crippen LogP contribution in [-0.4, -0.2) is 29.7 Å². The SMILES string of the molecule is O=C(O)c1c(Cl)ccc(S(=O)(=O)Nc2cccnn2)c1Cl. The van der Waals surface area contributed by atoms with Crippen LogP contribution < -0.4 is 4.72 Å². The third-order valence-corrected chi connectivity index (χ3v) is 4.59. The number of aromatic nitrogens is 2. The van der Waals surface area contributed by atoms with E-state index < -0.39 is 31.5 Å². The molecule has 7 nitrogen and oxygen atoms in total. The van der Waals surface area contributed by atoms with Gasteiger partial charge in [-0.25, -0.2) is 13.2 Å². The molecular weight excluding hydrogens is 341 g/mol. The molecular formula is C11H7Cl2N3O4S. The van der Waals surface area contributed by atoms with E-state index in [1.54, 1.807) is 0 Å². The summed E-state index contributed by atoms with van der Waals surface area (Å²) in [6, 6.07) is 5.11. The smallest absolute Gasteiger partial charge is 0.338 e. The molecule has 0 aliphatic heterocycles. The van der Waals surface area contributed by atoms with Gasteiger partial charge in [0.15, 0.2) is 5.82 Å². The van der Waals surface area contributed by atoms with Gasteiger partial charge in [0.2, 0.25) is 0 Å². The lowest BCUT2D eigenvalue weighted by Crippen LogP contribution is -2.16. The molecule has 1 aromatic heterocycles. The number of anilines is 1. The summed E-state index contributed by atoms with van der Waals surface area (Å²) in [7, 11) is -4.12. The molecule has 2 rings (SSSR count). The maximum atomic E-state index is 12.2. The van der Waals surface area contributed by atoms with Crippen molar-refractivity contribution < 1.29 is 18.3 Å². The molecule has 0 amide bonds. The average molecular weight is 348 g/mol. The summed E-state index contributed by atoms with van der Waals surface area (Å²) in [5.41, 5.74) is -0.486. The van der Waals surface area contributed by atoms with Gasteiger partial charge in [0.1, 0.15) is 4.90 Å². The molecule has 1 heterocycles. The van der Waals surface area contributed by atoms with Gasteiger partial charge in [0.05, 0.1) is 15.6 Å².